The van der Waals surface area contributed by atoms with Gasteiger partial charge in [0.1, 0.15) is 0 Å². The number of hydrogen-bond acceptors (Lipinski definition) is 0. The van der Waals surface area contributed by atoms with E-state index in [1.54, 1.807) is 0 Å². The van der Waals surface area contributed by atoms with Crippen LogP contribution in [0.1, 0.15) is 23.4 Å². The highest BCUT2D eigenvalue weighted by atomic mass is 79.9. The van der Waals surface area contributed by atoms with Crippen LogP contribution in [0.4, 0.5) is 0 Å². The summed E-state index contributed by atoms with van der Waals surface area (Å²) in [4.78, 5) is 0. The Labute approximate surface area is 86.1 Å². The molecule has 64 valence electrons. The highest BCUT2D eigenvalue weighted by Gasteiger charge is 2.27. The minimum atomic E-state index is 0.206. The van der Waals surface area contributed by atoms with Crippen molar-refractivity contribution in [1.29, 1.82) is 0 Å². The fourth-order valence-corrected chi connectivity index (χ4v) is 2.44. The first-order chi connectivity index (χ1) is 5.68. The van der Waals surface area contributed by atoms with Crippen LogP contribution in [0.5, 0.6) is 0 Å². The molecule has 2 atom stereocenters. The second-order valence-electron chi connectivity index (χ2n) is 3.43. The van der Waals surface area contributed by atoms with Gasteiger partial charge in [-0.05, 0) is 35.6 Å². The van der Waals surface area contributed by atoms with Gasteiger partial charge in [-0.3, -0.25) is 0 Å². The minimum absolute atomic E-state index is 0.206. The Bertz CT molecular complexity index is 309. The summed E-state index contributed by atoms with van der Waals surface area (Å²) < 4.78 is 1.13. The van der Waals surface area contributed by atoms with Crippen molar-refractivity contribution in [3.63, 3.8) is 0 Å². The largest absolute Gasteiger partial charge is 0.118 e. The molecule has 2 unspecified atom stereocenters. The van der Waals surface area contributed by atoms with Gasteiger partial charge in [0.2, 0.25) is 0 Å². The Morgan fingerprint density at radius 2 is 2.25 bits per heavy atom. The van der Waals surface area contributed by atoms with Gasteiger partial charge in [-0.2, -0.15) is 0 Å². The maximum absolute atomic E-state index is 6.24. The van der Waals surface area contributed by atoms with E-state index in [1.165, 1.54) is 11.1 Å². The van der Waals surface area contributed by atoms with E-state index in [2.05, 4.69) is 41.1 Å². The lowest BCUT2D eigenvalue weighted by Crippen LogP contribution is -1.94. The molecule has 12 heavy (non-hydrogen) atoms. The normalized spacial score (nSPS) is 27.2. The summed E-state index contributed by atoms with van der Waals surface area (Å²) in [5.41, 5.74) is 2.71. The first-order valence-corrected chi connectivity index (χ1v) is 5.34. The second-order valence-corrected chi connectivity index (χ2v) is 4.81. The predicted octanol–water partition coefficient (Wildman–Crippen LogP) is 3.92. The average Bonchev–Trinajstić information content (AvgIpc) is 2.31. The molecule has 0 saturated heterocycles. The van der Waals surface area contributed by atoms with Crippen molar-refractivity contribution >= 4 is 27.5 Å². The summed E-state index contributed by atoms with van der Waals surface area (Å²) in [6.45, 7) is 2.20. The summed E-state index contributed by atoms with van der Waals surface area (Å²) in [6, 6.07) is 6.38. The fraction of sp³-hybridized carbons (Fsp3) is 0.400. The molecule has 0 aliphatic heterocycles. The van der Waals surface area contributed by atoms with Crippen molar-refractivity contribution in [2.24, 2.45) is 5.92 Å². The van der Waals surface area contributed by atoms with E-state index < -0.39 is 0 Å². The van der Waals surface area contributed by atoms with Crippen molar-refractivity contribution in [2.45, 2.75) is 18.7 Å². The molecule has 0 saturated carbocycles. The SMILES string of the molecule is CC1Cc2ccc(Br)cc2C1Cl. The molecule has 1 aliphatic rings. The van der Waals surface area contributed by atoms with E-state index in [0.717, 1.165) is 10.9 Å². The van der Waals surface area contributed by atoms with E-state index in [-0.39, 0.29) is 5.38 Å². The summed E-state index contributed by atoms with van der Waals surface area (Å²) in [6.07, 6.45) is 1.12. The highest BCUT2D eigenvalue weighted by molar-refractivity contribution is 9.10. The molecular formula is C10H10BrCl. The lowest BCUT2D eigenvalue weighted by atomic mass is 10.1. The van der Waals surface area contributed by atoms with Crippen LogP contribution in [0.15, 0.2) is 22.7 Å². The van der Waals surface area contributed by atoms with Crippen molar-refractivity contribution in [1.82, 2.24) is 0 Å². The maximum atomic E-state index is 6.24. The molecule has 0 N–H and O–H groups in total. The molecule has 0 nitrogen and oxygen atoms in total. The quantitative estimate of drug-likeness (QED) is 0.608. The number of fused-ring (bicyclic) bond motifs is 1. The lowest BCUT2D eigenvalue weighted by molar-refractivity contribution is 0.609. The van der Waals surface area contributed by atoms with E-state index in [4.69, 9.17) is 11.6 Å². The molecule has 2 heteroatoms. The zero-order valence-corrected chi connectivity index (χ0v) is 9.19. The molecule has 1 aliphatic carbocycles. The number of alkyl halides is 1. The van der Waals surface area contributed by atoms with Crippen LogP contribution >= 0.6 is 27.5 Å². The smallest absolute Gasteiger partial charge is 0.0617 e. The van der Waals surface area contributed by atoms with Crippen molar-refractivity contribution in [2.75, 3.05) is 0 Å². The van der Waals surface area contributed by atoms with Crippen LogP contribution in [0.3, 0.4) is 0 Å². The first kappa shape index (κ1) is 8.58. The molecule has 0 bridgehead atoms. The molecule has 2 rings (SSSR count). The van der Waals surface area contributed by atoms with Crippen LogP contribution in [-0.2, 0) is 6.42 Å². The van der Waals surface area contributed by atoms with Gasteiger partial charge in [-0.15, -0.1) is 11.6 Å². The fourth-order valence-electron chi connectivity index (χ4n) is 1.77. The Morgan fingerprint density at radius 1 is 1.50 bits per heavy atom. The Balaban J connectivity index is 2.48. The molecule has 0 fully saturated rings. The van der Waals surface area contributed by atoms with Crippen LogP contribution in [-0.4, -0.2) is 0 Å². The molecule has 0 spiro atoms. The molecule has 0 radical (unpaired) electrons. The summed E-state index contributed by atoms with van der Waals surface area (Å²) in [5.74, 6) is 0.580. The van der Waals surface area contributed by atoms with Gasteiger partial charge in [0.25, 0.3) is 0 Å². The third-order valence-corrected chi connectivity index (χ3v) is 3.61. The van der Waals surface area contributed by atoms with Gasteiger partial charge in [0, 0.05) is 4.47 Å². The van der Waals surface area contributed by atoms with Crippen molar-refractivity contribution in [3.05, 3.63) is 33.8 Å². The van der Waals surface area contributed by atoms with E-state index in [0.29, 0.717) is 5.92 Å². The van der Waals surface area contributed by atoms with Gasteiger partial charge in [0.15, 0.2) is 0 Å². The van der Waals surface area contributed by atoms with Gasteiger partial charge >= 0.3 is 0 Å². The van der Waals surface area contributed by atoms with Gasteiger partial charge in [-0.1, -0.05) is 28.9 Å². The highest BCUT2D eigenvalue weighted by Crippen LogP contribution is 2.41. The average molecular weight is 246 g/mol. The van der Waals surface area contributed by atoms with Gasteiger partial charge in [-0.25, -0.2) is 0 Å². The zero-order valence-electron chi connectivity index (χ0n) is 6.85. The van der Waals surface area contributed by atoms with Crippen molar-refractivity contribution < 1.29 is 0 Å². The zero-order chi connectivity index (χ0) is 8.72. The van der Waals surface area contributed by atoms with E-state index in [9.17, 15) is 0 Å². The second kappa shape index (κ2) is 3.04. The third kappa shape index (κ3) is 1.29. The van der Waals surface area contributed by atoms with Gasteiger partial charge in [0.05, 0.1) is 5.38 Å². The van der Waals surface area contributed by atoms with E-state index in [1.807, 2.05) is 0 Å². The number of hydrogen-bond donors (Lipinski definition) is 0. The van der Waals surface area contributed by atoms with Crippen molar-refractivity contribution in [3.8, 4) is 0 Å². The maximum Gasteiger partial charge on any atom is 0.0617 e. The Hall–Kier alpha value is -0.0100. The number of rotatable bonds is 0. The standard InChI is InChI=1S/C10H10BrCl/c1-6-4-7-2-3-8(11)5-9(7)10(6)12/h2-3,5-6,10H,4H2,1H3. The van der Waals surface area contributed by atoms with Crippen LogP contribution in [0.25, 0.3) is 0 Å². The molecule has 0 aromatic heterocycles. The van der Waals surface area contributed by atoms with Crippen LogP contribution in [0, 0.1) is 5.92 Å². The monoisotopic (exact) mass is 244 g/mol. The predicted molar refractivity (Wildman–Crippen MR) is 55.6 cm³/mol. The molecule has 0 heterocycles. The Kier molecular flexibility index (Phi) is 2.18. The summed E-state index contributed by atoms with van der Waals surface area (Å²) in [7, 11) is 0. The number of halogens is 2. The summed E-state index contributed by atoms with van der Waals surface area (Å²) in [5, 5.41) is 0.206. The van der Waals surface area contributed by atoms with Crippen LogP contribution < -0.4 is 0 Å². The third-order valence-electron chi connectivity index (χ3n) is 2.45. The Morgan fingerprint density at radius 3 is 3.00 bits per heavy atom. The molecule has 0 amide bonds. The van der Waals surface area contributed by atoms with E-state index >= 15 is 0 Å². The summed E-state index contributed by atoms with van der Waals surface area (Å²) >= 11 is 9.70. The molecular weight excluding hydrogens is 235 g/mol. The molecule has 1 aromatic carbocycles. The minimum Gasteiger partial charge on any atom is -0.118 e. The number of benzene rings is 1. The topological polar surface area (TPSA) is 0 Å². The van der Waals surface area contributed by atoms with Gasteiger partial charge < -0.3 is 0 Å². The molecule has 1 aromatic rings. The first-order valence-electron chi connectivity index (χ1n) is 4.11. The van der Waals surface area contributed by atoms with Crippen LogP contribution in [0.2, 0.25) is 0 Å². The lowest BCUT2D eigenvalue weighted by Gasteiger charge is -2.06.